The average Bonchev–Trinajstić information content (AvgIpc) is 1.35. The van der Waals surface area contributed by atoms with Gasteiger partial charge in [0.2, 0.25) is 0 Å². The fourth-order valence-electron chi connectivity index (χ4n) is 0. The van der Waals surface area contributed by atoms with Crippen molar-refractivity contribution in [3.63, 3.8) is 0 Å². The van der Waals surface area contributed by atoms with Crippen LogP contribution in [0.15, 0.2) is 0 Å². The third kappa shape index (κ3) is 11.2. The molecule has 0 saturated carbocycles. The first kappa shape index (κ1) is 11.3. The minimum Gasteiger partial charge on any atom is -0.344 e. The van der Waals surface area contributed by atoms with Gasteiger partial charge in [-0.3, -0.25) is 4.57 Å². The van der Waals surface area contributed by atoms with Crippen molar-refractivity contribution < 1.29 is 9.46 Å². The van der Waals surface area contributed by atoms with Crippen molar-refractivity contribution in [3.8, 4) is 0 Å². The Bertz CT molecular complexity index is 77.0. The second-order valence-electron chi connectivity index (χ2n) is 1.37. The fraction of sp³-hybridized carbons (Fsp3) is 1.00. The number of hydrogen-bond acceptors (Lipinski definition) is 1. The summed E-state index contributed by atoms with van der Waals surface area (Å²) in [6.45, 7) is 3.05. The normalized spacial score (nSPS) is 17.0. The number of hydrogen-bond donors (Lipinski definition) is 1. The molecule has 40 valence electrons. The molecule has 0 rings (SSSR count). The second-order valence-corrected chi connectivity index (χ2v) is 4.10. The predicted octanol–water partition coefficient (Wildman–Crippen LogP) is 0.526. The molecule has 0 spiro atoms. The maximum atomic E-state index is 10.1. The molecule has 0 aliphatic carbocycles. The summed E-state index contributed by atoms with van der Waals surface area (Å²) in [6.07, 6.45) is 0.382. The molecule has 2 radical (unpaired) electrons. The van der Waals surface area contributed by atoms with Crippen molar-refractivity contribution >= 4 is 45.1 Å². The Morgan fingerprint density at radius 1 is 1.71 bits per heavy atom. The second kappa shape index (κ2) is 4.34. The van der Waals surface area contributed by atoms with Crippen molar-refractivity contribution in [1.82, 2.24) is 0 Å². The molecule has 0 aromatic rings. The third-order valence-corrected chi connectivity index (χ3v) is 1.76. The molecule has 1 unspecified atom stereocenters. The van der Waals surface area contributed by atoms with E-state index in [4.69, 9.17) is 4.89 Å². The van der Waals surface area contributed by atoms with Crippen LogP contribution in [-0.2, 0) is 4.57 Å². The van der Waals surface area contributed by atoms with E-state index in [9.17, 15) is 4.57 Å². The van der Waals surface area contributed by atoms with Crippen LogP contribution in [0.4, 0.5) is 0 Å². The van der Waals surface area contributed by atoms with Crippen LogP contribution in [-0.4, -0.2) is 55.5 Å². The monoisotopic (exact) mass is 148 g/mol. The van der Waals surface area contributed by atoms with Gasteiger partial charge >= 0.3 is 0 Å². The van der Waals surface area contributed by atoms with Gasteiger partial charge in [0.05, 0.1) is 0 Å². The third-order valence-electron chi connectivity index (χ3n) is 0.587. The average molecular weight is 148 g/mol. The maximum Gasteiger partial charge on any atom is 0.197 e. The summed E-state index contributed by atoms with van der Waals surface area (Å²) in [4.78, 5) is 8.38. The zero-order chi connectivity index (χ0) is 5.21. The molecule has 0 amide bonds. The fourth-order valence-corrected chi connectivity index (χ4v) is 0. The molecule has 0 aliphatic rings. The van der Waals surface area contributed by atoms with Crippen LogP contribution in [0.2, 0.25) is 0 Å². The topological polar surface area (TPSA) is 37.3 Å². The molecule has 0 fully saturated rings. The Morgan fingerprint density at radius 3 is 1.86 bits per heavy atom. The molecular weight excluding hydrogens is 139 g/mol. The Balaban J connectivity index is 0. The van der Waals surface area contributed by atoms with Gasteiger partial charge in [0.1, 0.15) is 0 Å². The van der Waals surface area contributed by atoms with Crippen LogP contribution in [0.25, 0.3) is 0 Å². The zero-order valence-electron chi connectivity index (χ0n) is 4.72. The molecule has 1 atom stereocenters. The van der Waals surface area contributed by atoms with Crippen LogP contribution in [0, 0.1) is 0 Å². The minimum atomic E-state index is -2.65. The number of rotatable bonds is 1. The van der Waals surface area contributed by atoms with Gasteiger partial charge in [-0.1, -0.05) is 6.92 Å². The minimum absolute atomic E-state index is 0. The van der Waals surface area contributed by atoms with E-state index in [-0.39, 0.29) is 37.7 Å². The van der Waals surface area contributed by atoms with E-state index in [1.165, 1.54) is 6.66 Å². The standard InChI is InChI=1S/C3H9O2P.Ca/c1-3-6(2,4)5;/h3H2,1-2H3,(H,4,5);. The molecule has 0 aromatic heterocycles. The first-order chi connectivity index (χ1) is 2.56. The molecule has 0 saturated heterocycles. The molecule has 4 heteroatoms. The summed E-state index contributed by atoms with van der Waals surface area (Å²) >= 11 is 0. The smallest absolute Gasteiger partial charge is 0.197 e. The quantitative estimate of drug-likeness (QED) is 0.435. The van der Waals surface area contributed by atoms with Gasteiger partial charge in [0.15, 0.2) is 7.37 Å². The first-order valence-corrected chi connectivity index (χ1v) is 4.15. The van der Waals surface area contributed by atoms with Gasteiger partial charge < -0.3 is 4.89 Å². The van der Waals surface area contributed by atoms with E-state index in [2.05, 4.69) is 0 Å². The molecule has 7 heavy (non-hydrogen) atoms. The van der Waals surface area contributed by atoms with E-state index in [1.54, 1.807) is 6.92 Å². The van der Waals surface area contributed by atoms with Crippen LogP contribution in [0.1, 0.15) is 6.92 Å². The van der Waals surface area contributed by atoms with Crippen molar-refractivity contribution in [2.45, 2.75) is 6.92 Å². The van der Waals surface area contributed by atoms with Crippen molar-refractivity contribution in [1.29, 1.82) is 0 Å². The molecular formula is C3H9CaO2P. The van der Waals surface area contributed by atoms with Gasteiger partial charge in [-0.05, 0) is 0 Å². The van der Waals surface area contributed by atoms with E-state index >= 15 is 0 Å². The molecule has 0 bridgehead atoms. The van der Waals surface area contributed by atoms with E-state index < -0.39 is 7.37 Å². The summed E-state index contributed by atoms with van der Waals surface area (Å²) in [6, 6.07) is 0. The summed E-state index contributed by atoms with van der Waals surface area (Å²) in [5.41, 5.74) is 0. The predicted molar refractivity (Wildman–Crippen MR) is 32.0 cm³/mol. The zero-order valence-corrected chi connectivity index (χ0v) is 7.82. The van der Waals surface area contributed by atoms with Crippen LogP contribution in [0.3, 0.4) is 0 Å². The Hall–Kier alpha value is 1.45. The van der Waals surface area contributed by atoms with Crippen LogP contribution in [0.5, 0.6) is 0 Å². The molecule has 0 heterocycles. The van der Waals surface area contributed by atoms with Gasteiger partial charge in [-0.15, -0.1) is 0 Å². The Morgan fingerprint density at radius 2 is 1.86 bits per heavy atom. The van der Waals surface area contributed by atoms with Gasteiger partial charge in [0.25, 0.3) is 0 Å². The Kier molecular flexibility index (Phi) is 6.99. The summed E-state index contributed by atoms with van der Waals surface area (Å²) in [5, 5.41) is 0. The SMILES string of the molecule is CCP(C)(=O)O.[Ca]. The van der Waals surface area contributed by atoms with Gasteiger partial charge in [-0.2, -0.15) is 0 Å². The van der Waals surface area contributed by atoms with E-state index in [0.717, 1.165) is 0 Å². The summed E-state index contributed by atoms with van der Waals surface area (Å²) < 4.78 is 10.1. The van der Waals surface area contributed by atoms with Crippen molar-refractivity contribution in [3.05, 3.63) is 0 Å². The molecule has 1 N–H and O–H groups in total. The van der Waals surface area contributed by atoms with E-state index in [0.29, 0.717) is 6.16 Å². The van der Waals surface area contributed by atoms with Gasteiger partial charge in [0, 0.05) is 50.6 Å². The van der Waals surface area contributed by atoms with Crippen LogP contribution < -0.4 is 0 Å². The summed E-state index contributed by atoms with van der Waals surface area (Å²) in [5.74, 6) is 0. The van der Waals surface area contributed by atoms with E-state index in [1.807, 2.05) is 0 Å². The first-order valence-electron chi connectivity index (χ1n) is 1.85. The summed E-state index contributed by atoms with van der Waals surface area (Å²) in [7, 11) is -2.65. The molecule has 2 nitrogen and oxygen atoms in total. The molecule has 0 aliphatic heterocycles. The van der Waals surface area contributed by atoms with Gasteiger partial charge in [-0.25, -0.2) is 0 Å². The Labute approximate surface area is 73.8 Å². The van der Waals surface area contributed by atoms with Crippen LogP contribution >= 0.6 is 7.37 Å². The van der Waals surface area contributed by atoms with Crippen molar-refractivity contribution in [2.75, 3.05) is 12.8 Å². The van der Waals surface area contributed by atoms with Crippen molar-refractivity contribution in [2.24, 2.45) is 0 Å². The molecule has 0 aromatic carbocycles. The maximum absolute atomic E-state index is 10.1. The largest absolute Gasteiger partial charge is 0.344 e.